The number of halogens is 1. The van der Waals surface area contributed by atoms with Crippen LogP contribution >= 0.6 is 22.9 Å². The summed E-state index contributed by atoms with van der Waals surface area (Å²) in [6.45, 7) is 1.94. The number of thiazole rings is 1. The van der Waals surface area contributed by atoms with Crippen molar-refractivity contribution >= 4 is 28.7 Å². The summed E-state index contributed by atoms with van der Waals surface area (Å²) < 4.78 is 0. The van der Waals surface area contributed by atoms with Crippen molar-refractivity contribution in [3.05, 3.63) is 16.1 Å². The maximum absolute atomic E-state index is 11.3. The van der Waals surface area contributed by atoms with E-state index in [2.05, 4.69) is 4.98 Å². The van der Waals surface area contributed by atoms with E-state index in [-0.39, 0.29) is 5.78 Å². The van der Waals surface area contributed by atoms with Gasteiger partial charge in [-0.05, 0) is 13.3 Å². The van der Waals surface area contributed by atoms with Crippen molar-refractivity contribution in [2.24, 2.45) is 0 Å². The normalized spacial score (nSPS) is 10.3. The summed E-state index contributed by atoms with van der Waals surface area (Å²) in [7, 11) is 0. The third-order valence-corrected chi connectivity index (χ3v) is 2.72. The van der Waals surface area contributed by atoms with Crippen LogP contribution in [-0.4, -0.2) is 16.6 Å². The first-order valence-corrected chi connectivity index (χ1v) is 5.62. The smallest absolute Gasteiger partial charge is 0.138 e. The predicted octanol–water partition coefficient (Wildman–Crippen LogP) is 2.58. The third kappa shape index (κ3) is 3.87. The lowest BCUT2D eigenvalue weighted by Crippen LogP contribution is -2.02. The van der Waals surface area contributed by atoms with Crippen LogP contribution in [0, 0.1) is 6.92 Å². The number of hydrogen-bond acceptors (Lipinski definition) is 3. The van der Waals surface area contributed by atoms with Crippen molar-refractivity contribution in [2.45, 2.75) is 26.2 Å². The number of carbonyl (C=O) groups is 1. The molecule has 0 atom stereocenters. The number of aromatic nitrogens is 1. The molecule has 0 aliphatic rings. The Hall–Kier alpha value is -0.410. The highest BCUT2D eigenvalue weighted by molar-refractivity contribution is 7.09. The van der Waals surface area contributed by atoms with E-state index < -0.39 is 0 Å². The van der Waals surface area contributed by atoms with Crippen LogP contribution in [0.25, 0.3) is 0 Å². The van der Waals surface area contributed by atoms with Crippen LogP contribution in [0.1, 0.15) is 23.5 Å². The average molecular weight is 218 g/mol. The summed E-state index contributed by atoms with van der Waals surface area (Å²) in [5, 5.41) is 2.95. The lowest BCUT2D eigenvalue weighted by atomic mass is 10.1. The molecule has 1 aromatic rings. The molecule has 0 N–H and O–H groups in total. The van der Waals surface area contributed by atoms with Gasteiger partial charge in [0.25, 0.3) is 0 Å². The Morgan fingerprint density at radius 2 is 2.46 bits per heavy atom. The van der Waals surface area contributed by atoms with Crippen molar-refractivity contribution < 1.29 is 4.79 Å². The number of carbonyl (C=O) groups excluding carboxylic acids is 1. The van der Waals surface area contributed by atoms with Gasteiger partial charge < -0.3 is 0 Å². The van der Waals surface area contributed by atoms with E-state index in [0.717, 1.165) is 17.1 Å². The summed E-state index contributed by atoms with van der Waals surface area (Å²) in [6.07, 6.45) is 1.80. The Labute approximate surface area is 86.9 Å². The van der Waals surface area contributed by atoms with E-state index in [0.29, 0.717) is 18.7 Å². The Morgan fingerprint density at radius 3 is 3.00 bits per heavy atom. The Morgan fingerprint density at radius 1 is 1.69 bits per heavy atom. The van der Waals surface area contributed by atoms with Gasteiger partial charge in [0.2, 0.25) is 0 Å². The monoisotopic (exact) mass is 217 g/mol. The quantitative estimate of drug-likeness (QED) is 0.710. The summed E-state index contributed by atoms with van der Waals surface area (Å²) in [6, 6.07) is 0. The van der Waals surface area contributed by atoms with Crippen LogP contribution in [0.3, 0.4) is 0 Å². The Bertz CT molecular complexity index is 285. The number of hydrogen-bond donors (Lipinski definition) is 0. The summed E-state index contributed by atoms with van der Waals surface area (Å²) in [5.41, 5.74) is 0.891. The van der Waals surface area contributed by atoms with Crippen molar-refractivity contribution in [3.8, 4) is 0 Å². The lowest BCUT2D eigenvalue weighted by Gasteiger charge is -1.95. The van der Waals surface area contributed by atoms with Crippen LogP contribution in [0.5, 0.6) is 0 Å². The third-order valence-electron chi connectivity index (χ3n) is 1.63. The van der Waals surface area contributed by atoms with E-state index in [1.807, 2.05) is 12.3 Å². The fraction of sp³-hybridized carbons (Fsp3) is 0.556. The molecule has 0 radical (unpaired) electrons. The first kappa shape index (κ1) is 10.7. The second-order valence-corrected chi connectivity index (χ2v) is 4.31. The highest BCUT2D eigenvalue weighted by atomic mass is 35.5. The van der Waals surface area contributed by atoms with Gasteiger partial charge in [0, 0.05) is 24.1 Å². The molecule has 0 bridgehead atoms. The van der Waals surface area contributed by atoms with Gasteiger partial charge in [-0.1, -0.05) is 0 Å². The average Bonchev–Trinajstić information content (AvgIpc) is 2.48. The molecule has 0 amide bonds. The number of Topliss-reactive ketones (excluding diaryl/α,β-unsaturated/α-hetero) is 1. The molecule has 4 heteroatoms. The fourth-order valence-corrected chi connectivity index (χ4v) is 1.79. The number of rotatable bonds is 5. The van der Waals surface area contributed by atoms with Crippen molar-refractivity contribution in [1.82, 2.24) is 4.98 Å². The largest absolute Gasteiger partial charge is 0.299 e. The van der Waals surface area contributed by atoms with Gasteiger partial charge in [0.05, 0.1) is 10.7 Å². The Kier molecular flexibility index (Phi) is 4.39. The summed E-state index contributed by atoms with van der Waals surface area (Å²) in [4.78, 5) is 15.5. The van der Waals surface area contributed by atoms with Gasteiger partial charge in [0.1, 0.15) is 5.78 Å². The lowest BCUT2D eigenvalue weighted by molar-refractivity contribution is -0.118. The van der Waals surface area contributed by atoms with Crippen LogP contribution in [0.15, 0.2) is 5.38 Å². The van der Waals surface area contributed by atoms with Gasteiger partial charge >= 0.3 is 0 Å². The standard InChI is InChI=1S/C9H12ClNOS/c1-7-11-8(6-13-7)5-9(12)3-2-4-10/h6H,2-5H2,1H3. The molecule has 1 aromatic heterocycles. The van der Waals surface area contributed by atoms with Crippen LogP contribution in [-0.2, 0) is 11.2 Å². The zero-order chi connectivity index (χ0) is 9.68. The first-order valence-electron chi connectivity index (χ1n) is 4.21. The first-order chi connectivity index (χ1) is 6.22. The molecular formula is C9H12ClNOS. The molecule has 1 heterocycles. The topological polar surface area (TPSA) is 30.0 Å². The van der Waals surface area contributed by atoms with Crippen molar-refractivity contribution in [2.75, 3.05) is 5.88 Å². The van der Waals surface area contributed by atoms with Gasteiger partial charge in [-0.3, -0.25) is 4.79 Å². The van der Waals surface area contributed by atoms with E-state index >= 15 is 0 Å². The number of nitrogens with zero attached hydrogens (tertiary/aromatic N) is 1. The maximum atomic E-state index is 11.3. The zero-order valence-electron chi connectivity index (χ0n) is 7.55. The minimum Gasteiger partial charge on any atom is -0.299 e. The second kappa shape index (κ2) is 5.35. The van der Waals surface area contributed by atoms with Crippen LogP contribution in [0.2, 0.25) is 0 Å². The number of alkyl halides is 1. The summed E-state index contributed by atoms with van der Waals surface area (Å²) >= 11 is 7.07. The van der Waals surface area contributed by atoms with E-state index in [4.69, 9.17) is 11.6 Å². The molecule has 0 aliphatic heterocycles. The highest BCUT2D eigenvalue weighted by Crippen LogP contribution is 2.09. The van der Waals surface area contributed by atoms with E-state index in [9.17, 15) is 4.79 Å². The van der Waals surface area contributed by atoms with Crippen LogP contribution in [0.4, 0.5) is 0 Å². The van der Waals surface area contributed by atoms with Gasteiger partial charge in [-0.15, -0.1) is 22.9 Å². The zero-order valence-corrected chi connectivity index (χ0v) is 9.12. The molecule has 0 aromatic carbocycles. The van der Waals surface area contributed by atoms with Gasteiger partial charge in [0.15, 0.2) is 0 Å². The number of aryl methyl sites for hydroxylation is 1. The molecule has 2 nitrogen and oxygen atoms in total. The van der Waals surface area contributed by atoms with Crippen LogP contribution < -0.4 is 0 Å². The highest BCUT2D eigenvalue weighted by Gasteiger charge is 2.05. The minimum atomic E-state index is 0.228. The fourth-order valence-electron chi connectivity index (χ4n) is 1.04. The summed E-state index contributed by atoms with van der Waals surface area (Å²) in [5.74, 6) is 0.785. The molecule has 1 rings (SSSR count). The molecule has 72 valence electrons. The van der Waals surface area contributed by atoms with Gasteiger partial charge in [-0.2, -0.15) is 0 Å². The van der Waals surface area contributed by atoms with Crippen molar-refractivity contribution in [1.29, 1.82) is 0 Å². The maximum Gasteiger partial charge on any atom is 0.138 e. The second-order valence-electron chi connectivity index (χ2n) is 2.87. The molecule has 0 fully saturated rings. The minimum absolute atomic E-state index is 0.228. The van der Waals surface area contributed by atoms with Crippen molar-refractivity contribution in [3.63, 3.8) is 0 Å². The predicted molar refractivity (Wildman–Crippen MR) is 55.5 cm³/mol. The molecule has 0 aliphatic carbocycles. The number of ketones is 1. The SMILES string of the molecule is Cc1nc(CC(=O)CCCCl)cs1. The Balaban J connectivity index is 2.36. The molecule has 0 saturated heterocycles. The molecular weight excluding hydrogens is 206 g/mol. The molecule has 13 heavy (non-hydrogen) atoms. The molecule has 0 spiro atoms. The molecule has 0 saturated carbocycles. The van der Waals surface area contributed by atoms with E-state index in [1.165, 1.54) is 0 Å². The van der Waals surface area contributed by atoms with E-state index in [1.54, 1.807) is 11.3 Å². The van der Waals surface area contributed by atoms with Gasteiger partial charge in [-0.25, -0.2) is 4.98 Å². The molecule has 0 unspecified atom stereocenters.